The van der Waals surface area contributed by atoms with Gasteiger partial charge >= 0.3 is 0 Å². The molecule has 1 aliphatic carbocycles. The number of carbonyl (C=O) groups is 1. The first-order chi connectivity index (χ1) is 8.34. The fraction of sp³-hybridized carbons (Fsp3) is 0.643. The molecule has 1 atom stereocenters. The Balaban J connectivity index is 1.77. The van der Waals surface area contributed by atoms with Crippen molar-refractivity contribution in [3.8, 4) is 0 Å². The number of fused-ring (bicyclic) bond motifs is 1. The summed E-state index contributed by atoms with van der Waals surface area (Å²) in [6, 6.07) is 2.03. The van der Waals surface area contributed by atoms with Crippen LogP contribution in [0.1, 0.15) is 48.2 Å². The fourth-order valence-corrected chi connectivity index (χ4v) is 4.23. The minimum Gasteiger partial charge on any atom is -0.350 e. The van der Waals surface area contributed by atoms with Gasteiger partial charge in [-0.25, -0.2) is 0 Å². The molecule has 0 amide bonds. The van der Waals surface area contributed by atoms with Crippen LogP contribution in [-0.2, 0) is 13.0 Å². The maximum atomic E-state index is 11.8. The van der Waals surface area contributed by atoms with Crippen molar-refractivity contribution in [3.63, 3.8) is 0 Å². The molecule has 0 bridgehead atoms. The summed E-state index contributed by atoms with van der Waals surface area (Å²) < 4.78 is 2.34. The highest BCUT2D eigenvalue weighted by Crippen LogP contribution is 2.29. The van der Waals surface area contributed by atoms with Crippen molar-refractivity contribution in [2.75, 3.05) is 5.75 Å². The number of carbonyl (C=O) groups excluding carboxylic acids is 1. The molecule has 0 N–H and O–H groups in total. The Bertz CT molecular complexity index is 418. The van der Waals surface area contributed by atoms with Crippen LogP contribution < -0.4 is 0 Å². The summed E-state index contributed by atoms with van der Waals surface area (Å²) in [7, 11) is 0. The minimum atomic E-state index is 0.348. The van der Waals surface area contributed by atoms with Crippen molar-refractivity contribution in [1.29, 1.82) is 0 Å². The zero-order valence-electron chi connectivity index (χ0n) is 10.2. The van der Waals surface area contributed by atoms with Gasteiger partial charge in [-0.2, -0.15) is 11.8 Å². The van der Waals surface area contributed by atoms with Gasteiger partial charge in [0.05, 0.1) is 0 Å². The van der Waals surface area contributed by atoms with Crippen LogP contribution in [0.5, 0.6) is 0 Å². The SMILES string of the molecule is O=C1CCCc2c1ccn2CC1CCCCS1. The number of hydrogen-bond donors (Lipinski definition) is 0. The summed E-state index contributed by atoms with van der Waals surface area (Å²) in [6.45, 7) is 1.10. The lowest BCUT2D eigenvalue weighted by atomic mass is 9.97. The molecule has 17 heavy (non-hydrogen) atoms. The second kappa shape index (κ2) is 4.89. The maximum absolute atomic E-state index is 11.8. The van der Waals surface area contributed by atoms with Crippen LogP contribution in [-0.4, -0.2) is 21.4 Å². The Morgan fingerprint density at radius 3 is 3.06 bits per heavy atom. The Morgan fingerprint density at radius 1 is 1.29 bits per heavy atom. The van der Waals surface area contributed by atoms with E-state index < -0.39 is 0 Å². The zero-order valence-corrected chi connectivity index (χ0v) is 11.0. The molecule has 2 nitrogen and oxygen atoms in total. The van der Waals surface area contributed by atoms with Gasteiger partial charge in [-0.05, 0) is 37.5 Å². The second-order valence-corrected chi connectivity index (χ2v) is 6.50. The van der Waals surface area contributed by atoms with E-state index in [1.54, 1.807) is 0 Å². The second-order valence-electron chi connectivity index (χ2n) is 5.09. The summed E-state index contributed by atoms with van der Waals surface area (Å²) in [5.74, 6) is 1.66. The predicted molar refractivity (Wildman–Crippen MR) is 71.8 cm³/mol. The molecule has 1 aromatic rings. The third kappa shape index (κ3) is 2.30. The lowest BCUT2D eigenvalue weighted by Gasteiger charge is -2.23. The van der Waals surface area contributed by atoms with Crippen LogP contribution in [0, 0.1) is 0 Å². The zero-order chi connectivity index (χ0) is 11.7. The van der Waals surface area contributed by atoms with E-state index in [4.69, 9.17) is 0 Å². The first kappa shape index (κ1) is 11.4. The van der Waals surface area contributed by atoms with Gasteiger partial charge in [0, 0.05) is 35.7 Å². The monoisotopic (exact) mass is 249 g/mol. The van der Waals surface area contributed by atoms with Gasteiger partial charge in [-0.1, -0.05) is 6.42 Å². The van der Waals surface area contributed by atoms with E-state index in [1.807, 2.05) is 6.07 Å². The van der Waals surface area contributed by atoms with Gasteiger partial charge < -0.3 is 4.57 Å². The number of aromatic nitrogens is 1. The van der Waals surface area contributed by atoms with E-state index in [0.717, 1.165) is 36.6 Å². The van der Waals surface area contributed by atoms with Gasteiger partial charge in [0.1, 0.15) is 0 Å². The standard InChI is InChI=1S/C14H19NOS/c16-14-6-3-5-13-12(14)7-8-15(13)10-11-4-1-2-9-17-11/h7-8,11H,1-6,9-10H2. The van der Waals surface area contributed by atoms with E-state index in [0.29, 0.717) is 5.78 Å². The molecule has 3 rings (SSSR count). The lowest BCUT2D eigenvalue weighted by molar-refractivity contribution is 0.0971. The first-order valence-corrected chi connectivity index (χ1v) is 7.72. The molecule has 0 spiro atoms. The average molecular weight is 249 g/mol. The summed E-state index contributed by atoms with van der Waals surface area (Å²) >= 11 is 2.11. The highest BCUT2D eigenvalue weighted by Gasteiger charge is 2.22. The molecule has 3 heteroatoms. The summed E-state index contributed by atoms with van der Waals surface area (Å²) in [5, 5.41) is 0.761. The van der Waals surface area contributed by atoms with Crippen molar-refractivity contribution in [2.24, 2.45) is 0 Å². The van der Waals surface area contributed by atoms with Gasteiger partial charge in [0.15, 0.2) is 5.78 Å². The highest BCUT2D eigenvalue weighted by molar-refractivity contribution is 7.99. The molecule has 1 aliphatic heterocycles. The quantitative estimate of drug-likeness (QED) is 0.802. The normalized spacial score (nSPS) is 24.7. The smallest absolute Gasteiger partial charge is 0.164 e. The minimum absolute atomic E-state index is 0.348. The number of nitrogens with zero attached hydrogens (tertiary/aromatic N) is 1. The molecule has 1 fully saturated rings. The van der Waals surface area contributed by atoms with Crippen molar-refractivity contribution in [3.05, 3.63) is 23.5 Å². The number of rotatable bonds is 2. The molecule has 1 unspecified atom stereocenters. The van der Waals surface area contributed by atoms with Gasteiger partial charge in [-0.3, -0.25) is 4.79 Å². The molecular formula is C14H19NOS. The average Bonchev–Trinajstić information content (AvgIpc) is 2.76. The molecule has 1 saturated heterocycles. The Kier molecular flexibility index (Phi) is 3.28. The van der Waals surface area contributed by atoms with Crippen LogP contribution in [0.4, 0.5) is 0 Å². The first-order valence-electron chi connectivity index (χ1n) is 6.67. The number of hydrogen-bond acceptors (Lipinski definition) is 2. The lowest BCUT2D eigenvalue weighted by Crippen LogP contribution is -2.20. The van der Waals surface area contributed by atoms with Crippen LogP contribution in [0.25, 0.3) is 0 Å². The maximum Gasteiger partial charge on any atom is 0.164 e. The van der Waals surface area contributed by atoms with Gasteiger partial charge in [0.2, 0.25) is 0 Å². The third-order valence-corrected chi connectivity index (χ3v) is 5.25. The van der Waals surface area contributed by atoms with Crippen LogP contribution in [0.2, 0.25) is 0 Å². The van der Waals surface area contributed by atoms with Crippen LogP contribution in [0.15, 0.2) is 12.3 Å². The van der Waals surface area contributed by atoms with Crippen molar-refractivity contribution < 1.29 is 4.79 Å². The molecule has 2 aliphatic rings. The molecule has 1 aromatic heterocycles. The predicted octanol–water partition coefficient (Wildman–Crippen LogP) is 3.29. The largest absolute Gasteiger partial charge is 0.350 e. The van der Waals surface area contributed by atoms with E-state index >= 15 is 0 Å². The summed E-state index contributed by atoms with van der Waals surface area (Å²) in [5.41, 5.74) is 2.30. The number of Topliss-reactive ketones (excluding diaryl/α,β-unsaturated/α-hetero) is 1. The van der Waals surface area contributed by atoms with E-state index in [-0.39, 0.29) is 0 Å². The van der Waals surface area contributed by atoms with Crippen LogP contribution in [0.3, 0.4) is 0 Å². The number of thioether (sulfide) groups is 1. The molecule has 0 saturated carbocycles. The van der Waals surface area contributed by atoms with Crippen molar-refractivity contribution in [1.82, 2.24) is 4.57 Å². The topological polar surface area (TPSA) is 22.0 Å². The molecule has 92 valence electrons. The van der Waals surface area contributed by atoms with E-state index in [1.165, 1.54) is 30.7 Å². The van der Waals surface area contributed by atoms with Crippen molar-refractivity contribution in [2.45, 2.75) is 50.3 Å². The van der Waals surface area contributed by atoms with Crippen LogP contribution >= 0.6 is 11.8 Å². The van der Waals surface area contributed by atoms with Gasteiger partial charge in [-0.15, -0.1) is 0 Å². The Morgan fingerprint density at radius 2 is 2.24 bits per heavy atom. The third-order valence-electron chi connectivity index (χ3n) is 3.87. The molecule has 2 heterocycles. The highest BCUT2D eigenvalue weighted by atomic mass is 32.2. The molecular weight excluding hydrogens is 230 g/mol. The van der Waals surface area contributed by atoms with Crippen molar-refractivity contribution >= 4 is 17.5 Å². The Labute approximate surface area is 107 Å². The molecule has 0 radical (unpaired) electrons. The Hall–Kier alpha value is -0.700. The number of ketones is 1. The molecule has 0 aromatic carbocycles. The summed E-state index contributed by atoms with van der Waals surface area (Å²) in [4.78, 5) is 11.8. The fourth-order valence-electron chi connectivity index (χ4n) is 2.93. The van der Waals surface area contributed by atoms with E-state index in [9.17, 15) is 4.79 Å². The van der Waals surface area contributed by atoms with Gasteiger partial charge in [0.25, 0.3) is 0 Å². The van der Waals surface area contributed by atoms with E-state index in [2.05, 4.69) is 22.5 Å². The summed E-state index contributed by atoms with van der Waals surface area (Å²) in [6.07, 6.45) is 9.09.